The van der Waals surface area contributed by atoms with Gasteiger partial charge in [0, 0.05) is 11.3 Å². The maximum Gasteiger partial charge on any atom is 0.247 e. The maximum atomic E-state index is 5.86. The molecule has 0 fully saturated rings. The van der Waals surface area contributed by atoms with E-state index in [0.29, 0.717) is 11.8 Å². The maximum absolute atomic E-state index is 5.86. The highest BCUT2D eigenvalue weighted by Gasteiger charge is 2.18. The lowest BCUT2D eigenvalue weighted by atomic mass is 10.1. The molecule has 0 amide bonds. The molecule has 8 heteroatoms. The van der Waals surface area contributed by atoms with E-state index in [2.05, 4.69) is 44.8 Å². The highest BCUT2D eigenvalue weighted by atomic mass is 32.2. The van der Waals surface area contributed by atoms with Gasteiger partial charge in [0.1, 0.15) is 0 Å². The Morgan fingerprint density at radius 1 is 0.964 bits per heavy atom. The number of anilines is 2. The smallest absolute Gasteiger partial charge is 0.247 e. The van der Waals surface area contributed by atoms with Gasteiger partial charge >= 0.3 is 0 Å². The lowest BCUT2D eigenvalue weighted by Crippen LogP contribution is -1.89. The summed E-state index contributed by atoms with van der Waals surface area (Å²) in [4.78, 5) is 0. The van der Waals surface area contributed by atoms with Gasteiger partial charge in [-0.3, -0.25) is 0 Å². The molecule has 6 nitrogen and oxygen atoms in total. The van der Waals surface area contributed by atoms with Crippen LogP contribution in [0.3, 0.4) is 0 Å². The third kappa shape index (κ3) is 4.40. The Hall–Kier alpha value is -2.71. The number of aromatic nitrogens is 4. The summed E-state index contributed by atoms with van der Waals surface area (Å²) < 4.78 is 6.70. The summed E-state index contributed by atoms with van der Waals surface area (Å²) >= 11 is 3.05. The number of benzene rings is 2. The van der Waals surface area contributed by atoms with Gasteiger partial charge in [0.2, 0.25) is 16.9 Å². The highest BCUT2D eigenvalue weighted by molar-refractivity contribution is 8.01. The zero-order chi connectivity index (χ0) is 19.5. The molecule has 1 atom stereocenters. The number of rotatable bonds is 6. The first kappa shape index (κ1) is 18.6. The molecule has 0 spiro atoms. The van der Waals surface area contributed by atoms with Crippen LogP contribution in [0.4, 0.5) is 10.8 Å². The number of thioether (sulfide) groups is 1. The Kier molecular flexibility index (Phi) is 5.40. The fraction of sp³-hybridized carbons (Fsp3) is 0.200. The van der Waals surface area contributed by atoms with E-state index in [-0.39, 0.29) is 5.25 Å². The van der Waals surface area contributed by atoms with Crippen LogP contribution in [-0.4, -0.2) is 20.4 Å². The molecule has 2 aromatic heterocycles. The molecule has 2 aromatic carbocycles. The number of nitrogens with one attached hydrogen (secondary N) is 1. The molecule has 4 aromatic rings. The zero-order valence-electron chi connectivity index (χ0n) is 15.7. The van der Waals surface area contributed by atoms with Gasteiger partial charge in [0.15, 0.2) is 4.34 Å². The van der Waals surface area contributed by atoms with E-state index in [0.717, 1.165) is 20.7 Å². The van der Waals surface area contributed by atoms with Crippen molar-refractivity contribution in [1.29, 1.82) is 0 Å². The summed E-state index contributed by atoms with van der Waals surface area (Å²) in [6, 6.07) is 16.2. The van der Waals surface area contributed by atoms with Gasteiger partial charge in [-0.1, -0.05) is 52.9 Å². The summed E-state index contributed by atoms with van der Waals surface area (Å²) in [5.41, 5.74) is 4.31. The third-order valence-corrected chi connectivity index (χ3v) is 6.05. The lowest BCUT2D eigenvalue weighted by Gasteiger charge is -2.03. The minimum absolute atomic E-state index is 0.0218. The van der Waals surface area contributed by atoms with Crippen molar-refractivity contribution in [2.45, 2.75) is 30.4 Å². The standard InChI is InChI=1S/C20H19N5OS2/c1-12-7-9-15(10-8-12)18-23-22-17(26-18)14(3)27-20-25-24-19(28-20)21-16-6-4-5-13(2)11-16/h4-11,14H,1-3H3,(H,21,24)/t14-/m1/s1. The highest BCUT2D eigenvalue weighted by Crippen LogP contribution is 2.38. The van der Waals surface area contributed by atoms with Crippen molar-refractivity contribution >= 4 is 33.9 Å². The fourth-order valence-corrected chi connectivity index (χ4v) is 4.51. The summed E-state index contributed by atoms with van der Waals surface area (Å²) in [7, 11) is 0. The predicted molar refractivity (Wildman–Crippen MR) is 113 cm³/mol. The first-order valence-electron chi connectivity index (χ1n) is 8.81. The predicted octanol–water partition coefficient (Wildman–Crippen LogP) is 5.80. The number of hydrogen-bond acceptors (Lipinski definition) is 8. The van der Waals surface area contributed by atoms with E-state index in [9.17, 15) is 0 Å². The van der Waals surface area contributed by atoms with Crippen molar-refractivity contribution in [2.24, 2.45) is 0 Å². The van der Waals surface area contributed by atoms with Crippen LogP contribution in [0.2, 0.25) is 0 Å². The van der Waals surface area contributed by atoms with Crippen molar-refractivity contribution in [3.8, 4) is 11.5 Å². The van der Waals surface area contributed by atoms with Crippen LogP contribution >= 0.6 is 23.1 Å². The van der Waals surface area contributed by atoms with E-state index in [1.54, 1.807) is 11.8 Å². The minimum Gasteiger partial charge on any atom is -0.419 e. The fourth-order valence-electron chi connectivity index (χ4n) is 2.57. The quantitative estimate of drug-likeness (QED) is 0.403. The molecule has 0 saturated carbocycles. The van der Waals surface area contributed by atoms with Crippen LogP contribution < -0.4 is 5.32 Å². The molecule has 1 N–H and O–H groups in total. The molecule has 0 saturated heterocycles. The van der Waals surface area contributed by atoms with Gasteiger partial charge in [-0.15, -0.1) is 20.4 Å². The van der Waals surface area contributed by atoms with Crippen LogP contribution in [0.25, 0.3) is 11.5 Å². The summed E-state index contributed by atoms with van der Waals surface area (Å²) in [6.07, 6.45) is 0. The average molecular weight is 410 g/mol. The third-order valence-electron chi connectivity index (χ3n) is 4.04. The summed E-state index contributed by atoms with van der Waals surface area (Å²) in [5.74, 6) is 1.10. The Morgan fingerprint density at radius 3 is 2.57 bits per heavy atom. The van der Waals surface area contributed by atoms with Gasteiger partial charge in [0.25, 0.3) is 0 Å². The Bertz CT molecular complexity index is 1070. The minimum atomic E-state index is -0.0218. The summed E-state index contributed by atoms with van der Waals surface area (Å²) in [6.45, 7) is 6.13. The lowest BCUT2D eigenvalue weighted by molar-refractivity contribution is 0.509. The van der Waals surface area contributed by atoms with Gasteiger partial charge in [-0.2, -0.15) is 0 Å². The second-order valence-electron chi connectivity index (χ2n) is 6.44. The van der Waals surface area contributed by atoms with Crippen LogP contribution in [0.1, 0.15) is 29.2 Å². The summed E-state index contributed by atoms with van der Waals surface area (Å²) in [5, 5.41) is 20.9. The van der Waals surface area contributed by atoms with Gasteiger partial charge < -0.3 is 9.73 Å². The first-order valence-corrected chi connectivity index (χ1v) is 10.5. The van der Waals surface area contributed by atoms with Gasteiger partial charge in [0.05, 0.1) is 5.25 Å². The Labute approximate surface area is 171 Å². The van der Waals surface area contributed by atoms with Crippen LogP contribution in [-0.2, 0) is 0 Å². The number of nitrogens with zero attached hydrogens (tertiary/aromatic N) is 4. The normalized spacial score (nSPS) is 12.1. The van der Waals surface area contributed by atoms with E-state index in [4.69, 9.17) is 4.42 Å². The number of aryl methyl sites for hydroxylation is 2. The van der Waals surface area contributed by atoms with Crippen molar-refractivity contribution < 1.29 is 4.42 Å². The molecule has 0 unspecified atom stereocenters. The molecular formula is C20H19N5OS2. The topological polar surface area (TPSA) is 76.7 Å². The largest absolute Gasteiger partial charge is 0.419 e. The van der Waals surface area contributed by atoms with E-state index >= 15 is 0 Å². The van der Waals surface area contributed by atoms with E-state index in [1.165, 1.54) is 22.5 Å². The van der Waals surface area contributed by atoms with Crippen LogP contribution in [0.5, 0.6) is 0 Å². The first-order chi connectivity index (χ1) is 13.6. The SMILES string of the molecule is Cc1ccc(-c2nnc([C@@H](C)Sc3nnc(Nc4cccc(C)c4)s3)o2)cc1. The molecule has 0 bridgehead atoms. The second-order valence-corrected chi connectivity index (χ2v) is 9.00. The monoisotopic (exact) mass is 409 g/mol. The zero-order valence-corrected chi connectivity index (χ0v) is 17.3. The van der Waals surface area contributed by atoms with Gasteiger partial charge in [-0.05, 0) is 50.6 Å². The molecule has 142 valence electrons. The van der Waals surface area contributed by atoms with Crippen molar-refractivity contribution in [1.82, 2.24) is 20.4 Å². The van der Waals surface area contributed by atoms with Crippen LogP contribution in [0.15, 0.2) is 57.3 Å². The van der Waals surface area contributed by atoms with E-state index < -0.39 is 0 Å². The van der Waals surface area contributed by atoms with E-state index in [1.807, 2.05) is 50.2 Å². The van der Waals surface area contributed by atoms with Gasteiger partial charge in [-0.25, -0.2) is 0 Å². The average Bonchev–Trinajstić information content (AvgIpc) is 3.32. The molecular weight excluding hydrogens is 390 g/mol. The molecule has 0 radical (unpaired) electrons. The van der Waals surface area contributed by atoms with Crippen molar-refractivity contribution in [3.63, 3.8) is 0 Å². The molecule has 0 aliphatic rings. The molecule has 4 rings (SSSR count). The molecule has 2 heterocycles. The van der Waals surface area contributed by atoms with Crippen molar-refractivity contribution in [3.05, 3.63) is 65.5 Å². The van der Waals surface area contributed by atoms with Crippen LogP contribution in [0, 0.1) is 13.8 Å². The molecule has 0 aliphatic heterocycles. The molecule has 0 aliphatic carbocycles. The molecule has 28 heavy (non-hydrogen) atoms. The second kappa shape index (κ2) is 8.12. The Morgan fingerprint density at radius 2 is 1.79 bits per heavy atom. The number of hydrogen-bond donors (Lipinski definition) is 1. The Balaban J connectivity index is 1.42. The van der Waals surface area contributed by atoms with Crippen molar-refractivity contribution in [2.75, 3.05) is 5.32 Å².